The van der Waals surface area contributed by atoms with E-state index < -0.39 is 35.6 Å². The Morgan fingerprint density at radius 1 is 1.52 bits per heavy atom. The molecule has 31 heavy (non-hydrogen) atoms. The maximum atomic E-state index is 12.5. The molecular weight excluding hydrogens is 448 g/mol. The third-order valence-corrected chi connectivity index (χ3v) is 6.02. The average molecular weight is 463 g/mol. The third kappa shape index (κ3) is 4.32. The van der Waals surface area contributed by atoms with Crippen LogP contribution in [0.4, 0.5) is 0 Å². The molecule has 0 radical (unpaired) electrons. The number of aromatic amines is 1. The Balaban J connectivity index is 1.70. The summed E-state index contributed by atoms with van der Waals surface area (Å²) in [5, 5.41) is 4.61. The van der Waals surface area contributed by atoms with Crippen LogP contribution in [0.1, 0.15) is 19.6 Å². The molecule has 4 rings (SSSR count). The molecular formula is C18H15ClN6O5S. The molecule has 13 heteroatoms. The zero-order valence-corrected chi connectivity index (χ0v) is 17.6. The first-order chi connectivity index (χ1) is 14.9. The molecule has 0 amide bonds. The van der Waals surface area contributed by atoms with E-state index in [9.17, 15) is 14.4 Å². The van der Waals surface area contributed by atoms with Gasteiger partial charge in [-0.1, -0.05) is 16.7 Å². The summed E-state index contributed by atoms with van der Waals surface area (Å²) in [5.74, 6) is -0.508. The number of thiazole rings is 1. The van der Waals surface area contributed by atoms with E-state index in [4.69, 9.17) is 26.6 Å². The first-order valence-corrected chi connectivity index (χ1v) is 10.3. The largest absolute Gasteiger partial charge is 0.463 e. The maximum Gasteiger partial charge on any atom is 0.330 e. The minimum Gasteiger partial charge on any atom is -0.463 e. The van der Waals surface area contributed by atoms with Gasteiger partial charge in [-0.2, -0.15) is 0 Å². The molecule has 1 N–H and O–H groups in total. The van der Waals surface area contributed by atoms with Crippen LogP contribution in [-0.2, 0) is 14.3 Å². The molecule has 3 heterocycles. The lowest BCUT2D eigenvalue weighted by Crippen LogP contribution is -2.33. The van der Waals surface area contributed by atoms with E-state index in [1.54, 1.807) is 18.2 Å². The van der Waals surface area contributed by atoms with Crippen molar-refractivity contribution in [1.29, 1.82) is 0 Å². The summed E-state index contributed by atoms with van der Waals surface area (Å²) < 4.78 is 12.8. The van der Waals surface area contributed by atoms with Gasteiger partial charge in [-0.15, -0.1) is 11.3 Å². The van der Waals surface area contributed by atoms with Crippen LogP contribution in [0.5, 0.6) is 0 Å². The van der Waals surface area contributed by atoms with Crippen LogP contribution in [-0.4, -0.2) is 39.3 Å². The number of H-pyrrole nitrogens is 1. The molecule has 0 spiro atoms. The number of aromatic nitrogens is 3. The highest BCUT2D eigenvalue weighted by Crippen LogP contribution is 2.33. The van der Waals surface area contributed by atoms with Crippen LogP contribution < -0.4 is 11.2 Å². The van der Waals surface area contributed by atoms with Crippen molar-refractivity contribution >= 4 is 39.1 Å². The third-order valence-electron chi connectivity index (χ3n) is 4.71. The van der Waals surface area contributed by atoms with Gasteiger partial charge in [0.05, 0.1) is 21.8 Å². The van der Waals surface area contributed by atoms with Crippen molar-refractivity contribution in [2.24, 2.45) is 5.11 Å². The second-order valence-electron chi connectivity index (χ2n) is 6.78. The fraction of sp³-hybridized carbons (Fsp3) is 0.333. The standard InChI is InChI=1S/C18H15ClN6O5S/c1-8(26)29-7-13-11(23-24-20)5-15(30-13)25-6-10(16(27)22-18(25)28)17-21-12-4-9(19)2-3-14(12)31-17/h2-4,6,11,13,15H,5,7H2,1H3,(H,22,27,28)/t11-,13+,15+/m0/s1. The lowest BCUT2D eigenvalue weighted by Gasteiger charge is -2.16. The summed E-state index contributed by atoms with van der Waals surface area (Å²) in [6.45, 7) is 1.12. The van der Waals surface area contributed by atoms with Crippen molar-refractivity contribution in [3.63, 3.8) is 0 Å². The number of fused-ring (bicyclic) bond motifs is 1. The predicted molar refractivity (Wildman–Crippen MR) is 113 cm³/mol. The van der Waals surface area contributed by atoms with Gasteiger partial charge in [0.15, 0.2) is 0 Å². The van der Waals surface area contributed by atoms with Gasteiger partial charge in [0.25, 0.3) is 5.56 Å². The molecule has 2 aromatic heterocycles. The predicted octanol–water partition coefficient (Wildman–Crippen LogP) is 3.00. The summed E-state index contributed by atoms with van der Waals surface area (Å²) in [6.07, 6.45) is -0.0248. The van der Waals surface area contributed by atoms with Crippen molar-refractivity contribution in [3.8, 4) is 10.6 Å². The van der Waals surface area contributed by atoms with Crippen LogP contribution >= 0.6 is 22.9 Å². The summed E-state index contributed by atoms with van der Waals surface area (Å²) in [6, 6.07) is 4.56. The summed E-state index contributed by atoms with van der Waals surface area (Å²) >= 11 is 7.29. The lowest BCUT2D eigenvalue weighted by atomic mass is 10.1. The topological polar surface area (TPSA) is 152 Å². The Hall–Kier alpha value is -3.18. The van der Waals surface area contributed by atoms with Gasteiger partial charge in [-0.25, -0.2) is 9.78 Å². The molecule has 0 aliphatic carbocycles. The van der Waals surface area contributed by atoms with Crippen molar-refractivity contribution in [1.82, 2.24) is 14.5 Å². The second-order valence-corrected chi connectivity index (χ2v) is 8.25. The Morgan fingerprint density at radius 3 is 3.06 bits per heavy atom. The average Bonchev–Trinajstić information content (AvgIpc) is 3.30. The van der Waals surface area contributed by atoms with Gasteiger partial charge in [-0.3, -0.25) is 19.1 Å². The molecule has 1 aliphatic rings. The van der Waals surface area contributed by atoms with E-state index in [0.29, 0.717) is 15.5 Å². The van der Waals surface area contributed by atoms with Gasteiger partial charge < -0.3 is 9.47 Å². The van der Waals surface area contributed by atoms with Crippen LogP contribution in [0.3, 0.4) is 0 Å². The number of azide groups is 1. The maximum absolute atomic E-state index is 12.5. The molecule has 0 bridgehead atoms. The number of hydrogen-bond acceptors (Lipinski definition) is 8. The first-order valence-electron chi connectivity index (χ1n) is 9.10. The second kappa shape index (κ2) is 8.52. The van der Waals surface area contributed by atoms with Crippen LogP contribution in [0.25, 0.3) is 31.2 Å². The Bertz CT molecular complexity index is 1330. The Kier molecular flexibility index (Phi) is 5.79. The Morgan fingerprint density at radius 2 is 2.32 bits per heavy atom. The number of nitrogens with one attached hydrogen (secondary N) is 1. The number of halogens is 1. The molecule has 0 saturated carbocycles. The molecule has 1 aliphatic heterocycles. The normalized spacial score (nSPS) is 20.5. The van der Waals surface area contributed by atoms with E-state index in [0.717, 1.165) is 4.70 Å². The number of carbonyl (C=O) groups excluding carboxylic acids is 1. The van der Waals surface area contributed by atoms with Gasteiger partial charge in [0.2, 0.25) is 0 Å². The van der Waals surface area contributed by atoms with E-state index in [1.165, 1.54) is 29.0 Å². The first kappa shape index (κ1) is 21.1. The summed E-state index contributed by atoms with van der Waals surface area (Å²) in [7, 11) is 0. The van der Waals surface area contributed by atoms with E-state index >= 15 is 0 Å². The number of esters is 1. The van der Waals surface area contributed by atoms with Crippen molar-refractivity contribution < 1.29 is 14.3 Å². The highest BCUT2D eigenvalue weighted by atomic mass is 35.5. The molecule has 160 valence electrons. The number of benzene rings is 1. The van der Waals surface area contributed by atoms with Gasteiger partial charge in [0.1, 0.15) is 23.9 Å². The molecule has 3 aromatic rings. The van der Waals surface area contributed by atoms with Crippen LogP contribution in [0.2, 0.25) is 5.02 Å². The zero-order valence-electron chi connectivity index (χ0n) is 16.0. The quantitative estimate of drug-likeness (QED) is 0.266. The number of carbonyl (C=O) groups is 1. The van der Waals surface area contributed by atoms with Crippen molar-refractivity contribution in [3.05, 3.63) is 60.7 Å². The molecule has 1 fully saturated rings. The fourth-order valence-electron chi connectivity index (χ4n) is 3.29. The highest BCUT2D eigenvalue weighted by Gasteiger charge is 2.37. The van der Waals surface area contributed by atoms with Crippen molar-refractivity contribution in [2.45, 2.75) is 31.7 Å². The minimum absolute atomic E-state index is 0.126. The van der Waals surface area contributed by atoms with E-state index in [1.807, 2.05) is 0 Å². The number of rotatable bonds is 5. The number of nitrogens with zero attached hydrogens (tertiary/aromatic N) is 5. The van der Waals surface area contributed by atoms with Gasteiger partial charge in [-0.05, 0) is 23.7 Å². The molecule has 1 saturated heterocycles. The van der Waals surface area contributed by atoms with E-state index in [2.05, 4.69) is 20.0 Å². The molecule has 0 unspecified atom stereocenters. The van der Waals surface area contributed by atoms with Crippen LogP contribution in [0.15, 0.2) is 39.1 Å². The van der Waals surface area contributed by atoms with E-state index in [-0.39, 0.29) is 18.6 Å². The molecule has 11 nitrogen and oxygen atoms in total. The summed E-state index contributed by atoms with van der Waals surface area (Å²) in [4.78, 5) is 45.6. The lowest BCUT2D eigenvalue weighted by molar-refractivity contribution is -0.146. The molecule has 3 atom stereocenters. The smallest absolute Gasteiger partial charge is 0.330 e. The number of ether oxygens (including phenoxy) is 2. The minimum atomic E-state index is -0.831. The van der Waals surface area contributed by atoms with Gasteiger partial charge in [0, 0.05) is 29.5 Å². The number of hydrogen-bond donors (Lipinski definition) is 1. The monoisotopic (exact) mass is 462 g/mol. The highest BCUT2D eigenvalue weighted by molar-refractivity contribution is 7.21. The van der Waals surface area contributed by atoms with Crippen LogP contribution in [0, 0.1) is 0 Å². The molecule has 1 aromatic carbocycles. The van der Waals surface area contributed by atoms with Gasteiger partial charge >= 0.3 is 11.7 Å². The van der Waals surface area contributed by atoms with Crippen molar-refractivity contribution in [2.75, 3.05) is 6.61 Å². The SMILES string of the molecule is CC(=O)OC[C@H]1O[C@@H](n2cc(-c3nc4cc(Cl)ccc4s3)c(=O)[nH]c2=O)C[C@@H]1N=[N+]=[N-]. The Labute approximate surface area is 182 Å². The summed E-state index contributed by atoms with van der Waals surface area (Å²) in [5.41, 5.74) is 8.35. The fourth-order valence-corrected chi connectivity index (χ4v) is 4.41. The zero-order chi connectivity index (χ0) is 22.1.